The highest BCUT2D eigenvalue weighted by atomic mass is 16.5. The van der Waals surface area contributed by atoms with Gasteiger partial charge in [-0.2, -0.15) is 0 Å². The van der Waals surface area contributed by atoms with E-state index >= 15 is 0 Å². The Labute approximate surface area is 199 Å². The first kappa shape index (κ1) is 22.9. The lowest BCUT2D eigenvalue weighted by molar-refractivity contribution is 0.102. The van der Waals surface area contributed by atoms with Gasteiger partial charge in [0.1, 0.15) is 5.75 Å². The molecule has 4 rings (SSSR count). The third-order valence-corrected chi connectivity index (χ3v) is 5.39. The molecule has 0 fully saturated rings. The normalized spacial score (nSPS) is 10.7. The number of pyridine rings is 1. The zero-order chi connectivity index (χ0) is 24.1. The number of aryl methyl sites for hydroxylation is 1. The Kier molecular flexibility index (Phi) is 6.82. The number of benzene rings is 2. The molecule has 0 aliphatic heterocycles. The summed E-state index contributed by atoms with van der Waals surface area (Å²) in [6, 6.07) is 18.8. The van der Waals surface area contributed by atoms with Gasteiger partial charge in [0, 0.05) is 36.8 Å². The van der Waals surface area contributed by atoms with E-state index in [9.17, 15) is 4.79 Å². The Morgan fingerprint density at radius 1 is 0.971 bits per heavy atom. The molecule has 7 heteroatoms. The maximum Gasteiger partial charge on any atom is 0.255 e. The number of nitrogens with one attached hydrogen (secondary N) is 2. The van der Waals surface area contributed by atoms with Gasteiger partial charge in [0.25, 0.3) is 5.91 Å². The number of anilines is 2. The molecule has 4 aromatic rings. The smallest absolute Gasteiger partial charge is 0.255 e. The third-order valence-electron chi connectivity index (χ3n) is 5.39. The summed E-state index contributed by atoms with van der Waals surface area (Å²) in [5.41, 5.74) is 4.71. The van der Waals surface area contributed by atoms with Crippen LogP contribution in [0.3, 0.4) is 0 Å². The van der Waals surface area contributed by atoms with Crippen LogP contribution in [0.1, 0.15) is 41.3 Å². The van der Waals surface area contributed by atoms with Gasteiger partial charge in [-0.05, 0) is 60.4 Å². The van der Waals surface area contributed by atoms with E-state index in [0.717, 1.165) is 16.7 Å². The lowest BCUT2D eigenvalue weighted by Gasteiger charge is -2.14. The van der Waals surface area contributed by atoms with Crippen molar-refractivity contribution in [3.8, 4) is 22.9 Å². The van der Waals surface area contributed by atoms with Gasteiger partial charge in [0.2, 0.25) is 11.8 Å². The topological polar surface area (TPSA) is 89.0 Å². The van der Waals surface area contributed by atoms with Gasteiger partial charge in [0.15, 0.2) is 0 Å². The van der Waals surface area contributed by atoms with E-state index in [1.807, 2.05) is 55.5 Å². The molecule has 0 saturated heterocycles. The van der Waals surface area contributed by atoms with Crippen molar-refractivity contribution in [1.82, 2.24) is 15.0 Å². The monoisotopic (exact) mass is 453 g/mol. The molecule has 2 aromatic heterocycles. The van der Waals surface area contributed by atoms with Crippen LogP contribution < -0.4 is 15.4 Å². The SMILES string of the molecule is CNc1nccc(-c2cccnc2Oc2cc(NC(=O)c3cccc(C(C)C)c3)ccc2C)n1. The molecule has 0 spiro atoms. The molecule has 2 heterocycles. The van der Waals surface area contributed by atoms with Crippen LogP contribution in [0.15, 0.2) is 73.1 Å². The highest BCUT2D eigenvalue weighted by molar-refractivity contribution is 6.04. The molecule has 1 amide bonds. The minimum Gasteiger partial charge on any atom is -0.438 e. The van der Waals surface area contributed by atoms with E-state index in [1.165, 1.54) is 0 Å². The molecular weight excluding hydrogens is 426 g/mol. The van der Waals surface area contributed by atoms with E-state index < -0.39 is 0 Å². The number of ether oxygens (including phenoxy) is 1. The van der Waals surface area contributed by atoms with Gasteiger partial charge >= 0.3 is 0 Å². The van der Waals surface area contributed by atoms with Crippen LogP contribution in [0.2, 0.25) is 0 Å². The Morgan fingerprint density at radius 3 is 2.62 bits per heavy atom. The Bertz CT molecular complexity index is 1320. The van der Waals surface area contributed by atoms with Crippen molar-refractivity contribution in [3.05, 3.63) is 89.7 Å². The molecule has 0 atom stereocenters. The standard InChI is InChI=1S/C27H27N5O2/c1-17(2)19-7-5-8-20(15-19)25(33)31-21-11-10-18(3)24(16-21)34-26-22(9-6-13-29-26)23-12-14-30-27(28-4)32-23/h5-17H,1-4H3,(H,31,33)(H,28,30,32). The fraction of sp³-hybridized carbons (Fsp3) is 0.185. The number of hydrogen-bond acceptors (Lipinski definition) is 6. The molecule has 0 unspecified atom stereocenters. The Morgan fingerprint density at radius 2 is 1.82 bits per heavy atom. The zero-order valence-corrected chi connectivity index (χ0v) is 19.7. The predicted octanol–water partition coefficient (Wildman–Crippen LogP) is 6.06. The second kappa shape index (κ2) is 10.1. The van der Waals surface area contributed by atoms with Crippen molar-refractivity contribution in [2.45, 2.75) is 26.7 Å². The number of amides is 1. The van der Waals surface area contributed by atoms with Crippen LogP contribution in [-0.2, 0) is 0 Å². The molecule has 0 bridgehead atoms. The lowest BCUT2D eigenvalue weighted by atomic mass is 10.0. The summed E-state index contributed by atoms with van der Waals surface area (Å²) in [7, 11) is 1.77. The first-order valence-corrected chi connectivity index (χ1v) is 11.1. The molecule has 0 aliphatic carbocycles. The molecule has 2 N–H and O–H groups in total. The van der Waals surface area contributed by atoms with Crippen LogP contribution in [-0.4, -0.2) is 27.9 Å². The lowest BCUT2D eigenvalue weighted by Crippen LogP contribution is -2.12. The summed E-state index contributed by atoms with van der Waals surface area (Å²) >= 11 is 0. The van der Waals surface area contributed by atoms with E-state index in [2.05, 4.69) is 39.4 Å². The minimum atomic E-state index is -0.170. The molecule has 0 saturated carbocycles. The minimum absolute atomic E-state index is 0.170. The fourth-order valence-electron chi connectivity index (χ4n) is 3.43. The van der Waals surface area contributed by atoms with Gasteiger partial charge in [-0.15, -0.1) is 0 Å². The molecular formula is C27H27N5O2. The summed E-state index contributed by atoms with van der Waals surface area (Å²) in [6.07, 6.45) is 3.35. The molecule has 0 radical (unpaired) electrons. The largest absolute Gasteiger partial charge is 0.438 e. The second-order valence-corrected chi connectivity index (χ2v) is 8.19. The van der Waals surface area contributed by atoms with Gasteiger partial charge in [0.05, 0.1) is 11.3 Å². The van der Waals surface area contributed by atoms with Crippen LogP contribution in [0.5, 0.6) is 11.6 Å². The summed E-state index contributed by atoms with van der Waals surface area (Å²) in [6.45, 7) is 6.15. The van der Waals surface area contributed by atoms with Gasteiger partial charge in [-0.1, -0.05) is 32.0 Å². The third kappa shape index (κ3) is 5.20. The summed E-state index contributed by atoms with van der Waals surface area (Å²) < 4.78 is 6.20. The molecule has 0 aliphatic rings. The van der Waals surface area contributed by atoms with Crippen molar-refractivity contribution < 1.29 is 9.53 Å². The van der Waals surface area contributed by atoms with Crippen molar-refractivity contribution >= 4 is 17.5 Å². The molecule has 34 heavy (non-hydrogen) atoms. The predicted molar refractivity (Wildman–Crippen MR) is 135 cm³/mol. The first-order valence-electron chi connectivity index (χ1n) is 11.1. The number of rotatable bonds is 7. The number of nitrogens with zero attached hydrogens (tertiary/aromatic N) is 3. The fourth-order valence-corrected chi connectivity index (χ4v) is 3.43. The van der Waals surface area contributed by atoms with Gasteiger partial charge in [-0.25, -0.2) is 15.0 Å². The van der Waals surface area contributed by atoms with Gasteiger partial charge < -0.3 is 15.4 Å². The van der Waals surface area contributed by atoms with Crippen molar-refractivity contribution in [3.63, 3.8) is 0 Å². The second-order valence-electron chi connectivity index (χ2n) is 8.19. The Balaban J connectivity index is 1.59. The Hall–Kier alpha value is -4.26. The highest BCUT2D eigenvalue weighted by Crippen LogP contribution is 2.33. The quantitative estimate of drug-likeness (QED) is 0.354. The van der Waals surface area contributed by atoms with Crippen LogP contribution in [0.25, 0.3) is 11.3 Å². The van der Waals surface area contributed by atoms with Crippen molar-refractivity contribution in [1.29, 1.82) is 0 Å². The van der Waals surface area contributed by atoms with Crippen LogP contribution >= 0.6 is 0 Å². The highest BCUT2D eigenvalue weighted by Gasteiger charge is 2.14. The summed E-state index contributed by atoms with van der Waals surface area (Å²) in [4.78, 5) is 25.9. The van der Waals surface area contributed by atoms with Crippen molar-refractivity contribution in [2.24, 2.45) is 0 Å². The van der Waals surface area contributed by atoms with E-state index in [0.29, 0.717) is 40.4 Å². The maximum atomic E-state index is 12.9. The van der Waals surface area contributed by atoms with Crippen LogP contribution in [0, 0.1) is 6.92 Å². The number of aromatic nitrogens is 3. The van der Waals surface area contributed by atoms with E-state index in [-0.39, 0.29) is 5.91 Å². The average molecular weight is 454 g/mol. The molecule has 2 aromatic carbocycles. The first-order chi connectivity index (χ1) is 16.4. The average Bonchev–Trinajstić information content (AvgIpc) is 2.86. The number of carbonyl (C=O) groups excluding carboxylic acids is 1. The van der Waals surface area contributed by atoms with Gasteiger partial charge in [-0.3, -0.25) is 4.79 Å². The van der Waals surface area contributed by atoms with E-state index in [4.69, 9.17) is 4.74 Å². The number of carbonyl (C=O) groups is 1. The van der Waals surface area contributed by atoms with E-state index in [1.54, 1.807) is 31.6 Å². The number of hydrogen-bond donors (Lipinski definition) is 2. The van der Waals surface area contributed by atoms with Crippen LogP contribution in [0.4, 0.5) is 11.6 Å². The van der Waals surface area contributed by atoms with Crippen molar-refractivity contribution in [2.75, 3.05) is 17.7 Å². The zero-order valence-electron chi connectivity index (χ0n) is 19.7. The molecule has 172 valence electrons. The molecule has 7 nitrogen and oxygen atoms in total. The summed E-state index contributed by atoms with van der Waals surface area (Å²) in [5, 5.41) is 5.91. The summed E-state index contributed by atoms with van der Waals surface area (Å²) in [5.74, 6) is 1.70. The maximum absolute atomic E-state index is 12.9.